The summed E-state index contributed by atoms with van der Waals surface area (Å²) in [6.45, 7) is 0.532. The van der Waals surface area contributed by atoms with Gasteiger partial charge in [-0.3, -0.25) is 4.79 Å². The van der Waals surface area contributed by atoms with Crippen LogP contribution in [0.3, 0.4) is 0 Å². The molecule has 0 saturated heterocycles. The van der Waals surface area contributed by atoms with Crippen LogP contribution in [-0.4, -0.2) is 70.6 Å². The summed E-state index contributed by atoms with van der Waals surface area (Å²) in [6, 6.07) is 14.9. The fourth-order valence-corrected chi connectivity index (χ4v) is 6.68. The Bertz CT molecular complexity index is 1310. The lowest BCUT2D eigenvalue weighted by Gasteiger charge is -2.37. The van der Waals surface area contributed by atoms with Gasteiger partial charge in [0, 0.05) is 30.1 Å². The number of hydrogen-bond acceptors (Lipinski definition) is 7. The van der Waals surface area contributed by atoms with Crippen LogP contribution in [0, 0.1) is 0 Å². The maximum Gasteiger partial charge on any atom is 0.243 e. The summed E-state index contributed by atoms with van der Waals surface area (Å²) in [4.78, 5) is 16.6. The minimum atomic E-state index is -3.95. The van der Waals surface area contributed by atoms with Crippen LogP contribution in [0.4, 0.5) is 0 Å². The first-order valence-electron chi connectivity index (χ1n) is 11.7. The zero-order valence-corrected chi connectivity index (χ0v) is 23.0. The summed E-state index contributed by atoms with van der Waals surface area (Å²) in [6.07, 6.45) is 0.700. The van der Waals surface area contributed by atoms with Crippen molar-refractivity contribution in [3.05, 3.63) is 75.4 Å². The largest absolute Gasteiger partial charge is 0.493 e. The van der Waals surface area contributed by atoms with Crippen molar-refractivity contribution in [1.82, 2.24) is 9.21 Å². The first-order valence-corrected chi connectivity index (χ1v) is 14.4. The van der Waals surface area contributed by atoms with E-state index in [0.29, 0.717) is 29.5 Å². The average molecular weight is 565 g/mol. The Labute approximate surface area is 226 Å². The van der Waals surface area contributed by atoms with Gasteiger partial charge in [0.05, 0.1) is 31.2 Å². The molecule has 0 N–H and O–H groups in total. The highest BCUT2D eigenvalue weighted by atomic mass is 35.5. The number of nitrogens with zero attached hydrogens (tertiary/aromatic N) is 2. The molecule has 0 radical (unpaired) electrons. The van der Waals surface area contributed by atoms with E-state index in [1.807, 2.05) is 35.7 Å². The molecular formula is C26H29ClN2O6S2. The first-order chi connectivity index (χ1) is 17.8. The smallest absolute Gasteiger partial charge is 0.243 e. The number of para-hydroxylation sites is 2. The third-order valence-electron chi connectivity index (χ3n) is 6.19. The lowest BCUT2D eigenvalue weighted by atomic mass is 10.0. The van der Waals surface area contributed by atoms with Gasteiger partial charge in [0.25, 0.3) is 0 Å². The maximum atomic E-state index is 13.7. The van der Waals surface area contributed by atoms with E-state index in [1.165, 1.54) is 36.3 Å². The number of fused-ring (bicyclic) bond motifs is 1. The van der Waals surface area contributed by atoms with Crippen molar-refractivity contribution in [3.63, 3.8) is 0 Å². The molecule has 1 aliphatic rings. The Morgan fingerprint density at radius 3 is 2.54 bits per heavy atom. The van der Waals surface area contributed by atoms with Crippen molar-refractivity contribution < 1.29 is 27.4 Å². The fourth-order valence-electron chi connectivity index (χ4n) is 4.26. The second kappa shape index (κ2) is 12.3. The number of rotatable bonds is 11. The number of carbonyl (C=O) groups is 1. The molecule has 1 amide bonds. The van der Waals surface area contributed by atoms with Crippen LogP contribution in [0.1, 0.15) is 16.5 Å². The minimum absolute atomic E-state index is 0.0348. The molecule has 4 rings (SSSR count). The van der Waals surface area contributed by atoms with Crippen molar-refractivity contribution in [2.75, 3.05) is 47.1 Å². The van der Waals surface area contributed by atoms with E-state index in [4.69, 9.17) is 25.8 Å². The van der Waals surface area contributed by atoms with Gasteiger partial charge in [0.2, 0.25) is 15.9 Å². The van der Waals surface area contributed by atoms with Crippen molar-refractivity contribution >= 4 is 38.9 Å². The molecule has 3 aromatic rings. The quantitative estimate of drug-likeness (QED) is 0.346. The molecule has 198 valence electrons. The van der Waals surface area contributed by atoms with Gasteiger partial charge >= 0.3 is 0 Å². The Morgan fingerprint density at radius 1 is 1.11 bits per heavy atom. The molecule has 1 atom stereocenters. The Hall–Kier alpha value is -2.63. The molecule has 0 aliphatic carbocycles. The number of halogens is 1. The van der Waals surface area contributed by atoms with Gasteiger partial charge in [-0.2, -0.15) is 4.31 Å². The normalized spacial score (nSPS) is 15.5. The zero-order valence-electron chi connectivity index (χ0n) is 20.6. The molecule has 0 bridgehead atoms. The van der Waals surface area contributed by atoms with Gasteiger partial charge in [0.15, 0.2) is 11.5 Å². The Balaban J connectivity index is 1.57. The van der Waals surface area contributed by atoms with Gasteiger partial charge in [-0.05, 0) is 59.8 Å². The number of ether oxygens (including phenoxy) is 3. The van der Waals surface area contributed by atoms with E-state index in [-0.39, 0.29) is 43.1 Å². The third kappa shape index (κ3) is 6.27. The summed E-state index contributed by atoms with van der Waals surface area (Å²) in [5.74, 6) is 0.868. The van der Waals surface area contributed by atoms with Crippen LogP contribution in [0.25, 0.3) is 0 Å². The highest BCUT2D eigenvalue weighted by Crippen LogP contribution is 2.35. The van der Waals surface area contributed by atoms with Crippen LogP contribution in [0.2, 0.25) is 5.02 Å². The molecule has 37 heavy (non-hydrogen) atoms. The molecule has 11 heteroatoms. The minimum Gasteiger partial charge on any atom is -0.493 e. The van der Waals surface area contributed by atoms with Crippen molar-refractivity contribution in [1.29, 1.82) is 0 Å². The van der Waals surface area contributed by atoms with E-state index in [9.17, 15) is 13.2 Å². The van der Waals surface area contributed by atoms with Gasteiger partial charge in [-0.25, -0.2) is 8.42 Å². The molecule has 0 unspecified atom stereocenters. The third-order valence-corrected chi connectivity index (χ3v) is 9.30. The topological polar surface area (TPSA) is 85.4 Å². The van der Waals surface area contributed by atoms with Crippen LogP contribution in [-0.2, 0) is 26.0 Å². The molecule has 2 aromatic carbocycles. The van der Waals surface area contributed by atoms with Crippen LogP contribution >= 0.6 is 22.9 Å². The fraction of sp³-hybridized carbons (Fsp3) is 0.346. The van der Waals surface area contributed by atoms with Crippen LogP contribution in [0.5, 0.6) is 11.5 Å². The number of benzene rings is 2. The van der Waals surface area contributed by atoms with Gasteiger partial charge in [-0.1, -0.05) is 23.7 Å². The molecule has 8 nitrogen and oxygen atoms in total. The second-order valence-electron chi connectivity index (χ2n) is 8.40. The highest BCUT2D eigenvalue weighted by molar-refractivity contribution is 7.89. The molecule has 1 aromatic heterocycles. The Morgan fingerprint density at radius 2 is 1.84 bits per heavy atom. The molecular weight excluding hydrogens is 536 g/mol. The van der Waals surface area contributed by atoms with Gasteiger partial charge in [-0.15, -0.1) is 11.3 Å². The zero-order chi connectivity index (χ0) is 26.4. The number of thiophene rings is 1. The monoisotopic (exact) mass is 564 g/mol. The standard InChI is InChI=1S/C26H29ClN2O6S2/c1-33-15-14-28(37(31,32)20-9-7-19(27)8-10-20)17-26(30)29-13-11-25-21(12-16-36-25)22(29)18-35-24-6-4-3-5-23(24)34-2/h3-10,12,16,22H,11,13-15,17-18H2,1-2H3/t22-/m1/s1. The molecule has 0 saturated carbocycles. The average Bonchev–Trinajstić information content (AvgIpc) is 3.39. The summed E-state index contributed by atoms with van der Waals surface area (Å²) in [7, 11) is -0.890. The number of carbonyl (C=O) groups excluding carboxylic acids is 1. The Kier molecular flexibility index (Phi) is 9.09. The van der Waals surface area contributed by atoms with Crippen molar-refractivity contribution in [3.8, 4) is 11.5 Å². The number of hydrogen-bond donors (Lipinski definition) is 0. The SMILES string of the molecule is COCCN(CC(=O)N1CCc2sccc2[C@H]1COc1ccccc1OC)S(=O)(=O)c1ccc(Cl)cc1. The van der Waals surface area contributed by atoms with Gasteiger partial charge in [0.1, 0.15) is 6.61 Å². The van der Waals surface area contributed by atoms with Crippen LogP contribution in [0.15, 0.2) is 64.9 Å². The molecule has 0 spiro atoms. The summed E-state index contributed by atoms with van der Waals surface area (Å²) in [5.41, 5.74) is 1.02. The van der Waals surface area contributed by atoms with E-state index in [2.05, 4.69) is 0 Å². The maximum absolute atomic E-state index is 13.7. The lowest BCUT2D eigenvalue weighted by Crippen LogP contribution is -2.48. The summed E-state index contributed by atoms with van der Waals surface area (Å²) in [5, 5.41) is 2.43. The number of amides is 1. The molecule has 0 fully saturated rings. The predicted molar refractivity (Wildman–Crippen MR) is 143 cm³/mol. The predicted octanol–water partition coefficient (Wildman–Crippen LogP) is 4.25. The number of sulfonamides is 1. The second-order valence-corrected chi connectivity index (χ2v) is 11.8. The molecule has 2 heterocycles. The molecule has 1 aliphatic heterocycles. The first kappa shape index (κ1) is 27.4. The van der Waals surface area contributed by atoms with E-state index in [1.54, 1.807) is 23.3 Å². The number of methoxy groups -OCH3 is 2. The van der Waals surface area contributed by atoms with Gasteiger partial charge < -0.3 is 19.1 Å². The van der Waals surface area contributed by atoms with E-state index >= 15 is 0 Å². The summed E-state index contributed by atoms with van der Waals surface area (Å²) < 4.78 is 44.6. The van der Waals surface area contributed by atoms with Crippen LogP contribution < -0.4 is 9.47 Å². The van der Waals surface area contributed by atoms with Crippen molar-refractivity contribution in [2.24, 2.45) is 0 Å². The van der Waals surface area contributed by atoms with E-state index < -0.39 is 10.0 Å². The van der Waals surface area contributed by atoms with E-state index in [0.717, 1.165) is 9.87 Å². The summed E-state index contributed by atoms with van der Waals surface area (Å²) >= 11 is 7.59. The highest BCUT2D eigenvalue weighted by Gasteiger charge is 2.35. The van der Waals surface area contributed by atoms with Crippen molar-refractivity contribution in [2.45, 2.75) is 17.4 Å². The lowest BCUT2D eigenvalue weighted by molar-refractivity contribution is -0.135.